The van der Waals surface area contributed by atoms with E-state index >= 15 is 0 Å². The summed E-state index contributed by atoms with van der Waals surface area (Å²) in [5, 5.41) is 19.5. The van der Waals surface area contributed by atoms with Crippen LogP contribution in [0.25, 0.3) is 0 Å². The lowest BCUT2D eigenvalue weighted by molar-refractivity contribution is 0.0148. The first-order valence-electron chi connectivity index (χ1n) is 7.11. The first-order chi connectivity index (χ1) is 9.42. The summed E-state index contributed by atoms with van der Waals surface area (Å²) in [5.74, 6) is -0.236. The maximum Gasteiger partial charge on any atom is 0.143 e. The third-order valence-electron chi connectivity index (χ3n) is 4.32. The lowest BCUT2D eigenvalue weighted by Gasteiger charge is -2.37. The molecule has 3 nitrogen and oxygen atoms in total. The number of anilines is 1. The Balaban J connectivity index is 2.38. The number of hydrogen-bond donors (Lipinski definition) is 1. The molecule has 1 fully saturated rings. The molecule has 2 rings (SSSR count). The fourth-order valence-corrected chi connectivity index (χ4v) is 3.32. The van der Waals surface area contributed by atoms with E-state index < -0.39 is 11.4 Å². The number of benzene rings is 1. The third-order valence-corrected chi connectivity index (χ3v) is 4.32. The smallest absolute Gasteiger partial charge is 0.143 e. The largest absolute Gasteiger partial charge is 0.388 e. The minimum Gasteiger partial charge on any atom is -0.388 e. The van der Waals surface area contributed by atoms with E-state index in [0.29, 0.717) is 19.4 Å². The van der Waals surface area contributed by atoms with Gasteiger partial charge in [0.1, 0.15) is 11.9 Å². The molecular weight excluding hydrogens is 255 g/mol. The number of rotatable bonds is 3. The number of nitriles is 1. The molecule has 0 saturated carbocycles. The molecule has 0 radical (unpaired) electrons. The van der Waals surface area contributed by atoms with Gasteiger partial charge in [-0.25, -0.2) is 4.39 Å². The van der Waals surface area contributed by atoms with Crippen molar-refractivity contribution in [3.63, 3.8) is 0 Å². The maximum atomic E-state index is 13.8. The molecule has 1 saturated heterocycles. The van der Waals surface area contributed by atoms with Crippen LogP contribution in [0, 0.1) is 23.1 Å². The molecule has 1 aromatic rings. The van der Waals surface area contributed by atoms with Gasteiger partial charge in [-0.15, -0.1) is 0 Å². The molecule has 1 heterocycles. The second-order valence-corrected chi connectivity index (χ2v) is 5.87. The topological polar surface area (TPSA) is 47.3 Å². The van der Waals surface area contributed by atoms with Crippen molar-refractivity contribution in [1.82, 2.24) is 0 Å². The van der Waals surface area contributed by atoms with Crippen LogP contribution in [0.3, 0.4) is 0 Å². The molecule has 1 aliphatic rings. The van der Waals surface area contributed by atoms with Gasteiger partial charge in [-0.05, 0) is 37.0 Å². The van der Waals surface area contributed by atoms with Crippen LogP contribution >= 0.6 is 0 Å². The molecule has 20 heavy (non-hydrogen) atoms. The summed E-state index contributed by atoms with van der Waals surface area (Å²) < 4.78 is 13.8. The Morgan fingerprint density at radius 2 is 2.25 bits per heavy atom. The highest BCUT2D eigenvalue weighted by Crippen LogP contribution is 2.39. The zero-order valence-corrected chi connectivity index (χ0v) is 12.2. The van der Waals surface area contributed by atoms with Crippen LogP contribution in [0.4, 0.5) is 10.1 Å². The number of halogens is 1. The monoisotopic (exact) mass is 276 g/mol. The molecule has 1 N–H and O–H groups in total. The molecule has 0 aliphatic carbocycles. The predicted octanol–water partition coefficient (Wildman–Crippen LogP) is 3.07. The summed E-state index contributed by atoms with van der Waals surface area (Å²) >= 11 is 0. The van der Waals surface area contributed by atoms with Crippen molar-refractivity contribution in [3.8, 4) is 6.07 Å². The normalized spacial score (nSPS) is 26.1. The summed E-state index contributed by atoms with van der Waals surface area (Å²) in [6.45, 7) is 6.84. The van der Waals surface area contributed by atoms with E-state index in [1.807, 2.05) is 13.0 Å². The van der Waals surface area contributed by atoms with Crippen LogP contribution in [0.1, 0.15) is 39.2 Å². The Bertz CT molecular complexity index is 538. The minimum absolute atomic E-state index is 0.0279. The first-order valence-corrected chi connectivity index (χ1v) is 7.11. The standard InChI is InChI=1S/C16H21FN2O/c1-4-16(20)7-8-19(15(16)11(2)3)13-6-5-12(10-18)14(17)9-13/h5-6,9,11,15,20H,4,7-8H2,1-3H3/t15-,16?/m0/s1. The predicted molar refractivity (Wildman–Crippen MR) is 76.9 cm³/mol. The van der Waals surface area contributed by atoms with Crippen molar-refractivity contribution in [1.29, 1.82) is 5.26 Å². The van der Waals surface area contributed by atoms with Crippen molar-refractivity contribution in [3.05, 3.63) is 29.6 Å². The van der Waals surface area contributed by atoms with Crippen molar-refractivity contribution in [2.24, 2.45) is 5.92 Å². The van der Waals surface area contributed by atoms with E-state index in [4.69, 9.17) is 5.26 Å². The summed E-state index contributed by atoms with van der Waals surface area (Å²) in [4.78, 5) is 2.07. The van der Waals surface area contributed by atoms with E-state index in [9.17, 15) is 9.50 Å². The van der Waals surface area contributed by atoms with Crippen LogP contribution in [-0.2, 0) is 0 Å². The number of nitrogens with zero attached hydrogens (tertiary/aromatic N) is 2. The molecule has 108 valence electrons. The van der Waals surface area contributed by atoms with Crippen molar-refractivity contribution < 1.29 is 9.50 Å². The summed E-state index contributed by atoms with van der Waals surface area (Å²) in [7, 11) is 0. The van der Waals surface area contributed by atoms with E-state index in [1.54, 1.807) is 6.07 Å². The quantitative estimate of drug-likeness (QED) is 0.923. The summed E-state index contributed by atoms with van der Waals surface area (Å²) in [6.07, 6.45) is 1.37. The van der Waals surface area contributed by atoms with Gasteiger partial charge in [-0.3, -0.25) is 0 Å². The van der Waals surface area contributed by atoms with Crippen molar-refractivity contribution >= 4 is 5.69 Å². The van der Waals surface area contributed by atoms with E-state index in [2.05, 4.69) is 18.7 Å². The molecule has 0 spiro atoms. The zero-order valence-electron chi connectivity index (χ0n) is 12.2. The number of hydrogen-bond acceptors (Lipinski definition) is 3. The molecule has 1 unspecified atom stereocenters. The summed E-state index contributed by atoms with van der Waals surface area (Å²) in [5.41, 5.74) is 0.0720. The van der Waals surface area contributed by atoms with Crippen molar-refractivity contribution in [2.45, 2.75) is 45.3 Å². The Hall–Kier alpha value is -1.60. The fourth-order valence-electron chi connectivity index (χ4n) is 3.32. The fraction of sp³-hybridized carbons (Fsp3) is 0.562. The second kappa shape index (κ2) is 5.41. The van der Waals surface area contributed by atoms with Crippen LogP contribution in [0.2, 0.25) is 0 Å². The van der Waals surface area contributed by atoms with Crippen LogP contribution in [-0.4, -0.2) is 23.3 Å². The average Bonchev–Trinajstić information content (AvgIpc) is 2.77. The maximum absolute atomic E-state index is 13.8. The van der Waals surface area contributed by atoms with Gasteiger partial charge in [0.25, 0.3) is 0 Å². The third kappa shape index (κ3) is 2.38. The minimum atomic E-state index is -0.724. The van der Waals surface area contributed by atoms with Crippen LogP contribution in [0.15, 0.2) is 18.2 Å². The van der Waals surface area contributed by atoms with E-state index in [-0.39, 0.29) is 17.5 Å². The molecule has 0 aromatic heterocycles. The highest BCUT2D eigenvalue weighted by molar-refractivity contribution is 5.53. The highest BCUT2D eigenvalue weighted by atomic mass is 19.1. The van der Waals surface area contributed by atoms with Gasteiger partial charge < -0.3 is 10.0 Å². The van der Waals surface area contributed by atoms with Gasteiger partial charge in [0.2, 0.25) is 0 Å². The van der Waals surface area contributed by atoms with Gasteiger partial charge in [-0.2, -0.15) is 5.26 Å². The Kier molecular flexibility index (Phi) is 4.01. The second-order valence-electron chi connectivity index (χ2n) is 5.87. The van der Waals surface area contributed by atoms with Crippen molar-refractivity contribution in [2.75, 3.05) is 11.4 Å². The van der Waals surface area contributed by atoms with Crippen LogP contribution < -0.4 is 4.90 Å². The molecule has 1 aliphatic heterocycles. The van der Waals surface area contributed by atoms with Gasteiger partial charge in [0, 0.05) is 12.2 Å². The molecule has 4 heteroatoms. The lowest BCUT2D eigenvalue weighted by Crippen LogP contribution is -2.47. The summed E-state index contributed by atoms with van der Waals surface area (Å²) in [6, 6.07) is 6.47. The lowest BCUT2D eigenvalue weighted by atomic mass is 9.84. The van der Waals surface area contributed by atoms with Gasteiger partial charge in [0.15, 0.2) is 0 Å². The van der Waals surface area contributed by atoms with Gasteiger partial charge >= 0.3 is 0 Å². The van der Waals surface area contributed by atoms with Crippen LogP contribution in [0.5, 0.6) is 0 Å². The van der Waals surface area contributed by atoms with E-state index in [1.165, 1.54) is 12.1 Å². The molecule has 2 atom stereocenters. The van der Waals surface area contributed by atoms with E-state index in [0.717, 1.165) is 5.69 Å². The first kappa shape index (κ1) is 14.8. The zero-order chi connectivity index (χ0) is 14.9. The average molecular weight is 276 g/mol. The SMILES string of the molecule is CCC1(O)CCN(c2ccc(C#N)c(F)c2)[C@H]1C(C)C. The molecule has 0 bridgehead atoms. The molecule has 0 amide bonds. The Morgan fingerprint density at radius 1 is 1.55 bits per heavy atom. The number of aliphatic hydroxyl groups is 1. The molecule has 1 aromatic carbocycles. The molecular formula is C16H21FN2O. The van der Waals surface area contributed by atoms with Gasteiger partial charge in [-0.1, -0.05) is 20.8 Å². The Morgan fingerprint density at radius 3 is 2.75 bits per heavy atom. The van der Waals surface area contributed by atoms with Gasteiger partial charge in [0.05, 0.1) is 17.2 Å². The Labute approximate surface area is 119 Å². The highest BCUT2D eigenvalue weighted by Gasteiger charge is 2.46.